The maximum atomic E-state index is 5.83. The van der Waals surface area contributed by atoms with Gasteiger partial charge in [-0.25, -0.2) is 4.98 Å². The molecule has 112 valence electrons. The van der Waals surface area contributed by atoms with Gasteiger partial charge in [0.15, 0.2) is 0 Å². The minimum Gasteiger partial charge on any atom is -0.330 e. The van der Waals surface area contributed by atoms with Crippen molar-refractivity contribution in [1.29, 1.82) is 0 Å². The highest BCUT2D eigenvalue weighted by atomic mass is 79.9. The molecule has 4 heteroatoms. The third kappa shape index (κ3) is 2.53. The second kappa shape index (κ2) is 5.40. The Kier molecular flexibility index (Phi) is 3.54. The number of hydrogen-bond acceptors (Lipinski definition) is 2. The van der Waals surface area contributed by atoms with Gasteiger partial charge in [0.2, 0.25) is 0 Å². The lowest BCUT2D eigenvalue weighted by molar-refractivity contribution is 0.321. The molecule has 0 atom stereocenters. The van der Waals surface area contributed by atoms with Gasteiger partial charge in [-0.2, -0.15) is 0 Å². The number of nitrogens with zero attached hydrogens (tertiary/aromatic N) is 2. The topological polar surface area (TPSA) is 43.8 Å². The van der Waals surface area contributed by atoms with Crippen molar-refractivity contribution in [1.82, 2.24) is 9.55 Å². The van der Waals surface area contributed by atoms with Crippen LogP contribution in [-0.4, -0.2) is 16.1 Å². The van der Waals surface area contributed by atoms with Crippen LogP contribution in [0.25, 0.3) is 11.0 Å². The standard InChI is InChI=1S/C17H22BrN3/c18-13-5-8-16-15(9-13)20-17(21(16)14-6-7-14)12-3-1-11(10-19)2-4-12/h5,8-9,11-12,14H,1-4,6-7,10,19H2. The van der Waals surface area contributed by atoms with Crippen molar-refractivity contribution in [3.63, 3.8) is 0 Å². The zero-order valence-corrected chi connectivity index (χ0v) is 13.8. The maximum absolute atomic E-state index is 5.83. The quantitative estimate of drug-likeness (QED) is 0.895. The van der Waals surface area contributed by atoms with Gasteiger partial charge in [0.05, 0.1) is 11.0 Å². The predicted molar refractivity (Wildman–Crippen MR) is 89.5 cm³/mol. The summed E-state index contributed by atoms with van der Waals surface area (Å²) in [7, 11) is 0. The van der Waals surface area contributed by atoms with Crippen LogP contribution in [0, 0.1) is 5.92 Å². The molecule has 0 saturated heterocycles. The van der Waals surface area contributed by atoms with Gasteiger partial charge in [-0.05, 0) is 69.2 Å². The second-order valence-electron chi connectivity index (χ2n) is 6.66. The lowest BCUT2D eigenvalue weighted by Crippen LogP contribution is -2.22. The summed E-state index contributed by atoms with van der Waals surface area (Å²) in [6.45, 7) is 0.846. The molecule has 2 aliphatic rings. The number of benzene rings is 1. The Morgan fingerprint density at radius 3 is 2.57 bits per heavy atom. The smallest absolute Gasteiger partial charge is 0.113 e. The number of rotatable bonds is 3. The summed E-state index contributed by atoms with van der Waals surface area (Å²) in [5.74, 6) is 2.69. The fourth-order valence-corrected chi connectivity index (χ4v) is 4.10. The van der Waals surface area contributed by atoms with E-state index in [-0.39, 0.29) is 0 Å². The molecule has 0 amide bonds. The average Bonchev–Trinajstić information content (AvgIpc) is 3.28. The summed E-state index contributed by atoms with van der Waals surface area (Å²) in [5.41, 5.74) is 8.29. The van der Waals surface area contributed by atoms with Crippen LogP contribution in [0.2, 0.25) is 0 Å². The maximum Gasteiger partial charge on any atom is 0.113 e. The highest BCUT2D eigenvalue weighted by molar-refractivity contribution is 9.10. The summed E-state index contributed by atoms with van der Waals surface area (Å²) in [5, 5.41) is 0. The molecular weight excluding hydrogens is 326 g/mol. The summed E-state index contributed by atoms with van der Waals surface area (Å²) in [6, 6.07) is 7.21. The number of halogens is 1. The number of aromatic nitrogens is 2. The third-order valence-corrected chi connectivity index (χ3v) is 5.63. The van der Waals surface area contributed by atoms with Gasteiger partial charge >= 0.3 is 0 Å². The predicted octanol–water partition coefficient (Wildman–Crippen LogP) is 4.37. The highest BCUT2D eigenvalue weighted by Crippen LogP contribution is 2.43. The molecular formula is C17H22BrN3. The summed E-state index contributed by atoms with van der Waals surface area (Å²) in [6.07, 6.45) is 7.65. The third-order valence-electron chi connectivity index (χ3n) is 5.14. The molecule has 2 N–H and O–H groups in total. The zero-order valence-electron chi connectivity index (χ0n) is 12.3. The molecule has 1 heterocycles. The normalized spacial score (nSPS) is 26.4. The summed E-state index contributed by atoms with van der Waals surface area (Å²) >= 11 is 3.57. The van der Waals surface area contributed by atoms with Crippen molar-refractivity contribution >= 4 is 27.0 Å². The van der Waals surface area contributed by atoms with Crippen molar-refractivity contribution in [2.45, 2.75) is 50.5 Å². The Hall–Kier alpha value is -0.870. The van der Waals surface area contributed by atoms with E-state index in [1.54, 1.807) is 0 Å². The molecule has 2 saturated carbocycles. The van der Waals surface area contributed by atoms with Gasteiger partial charge in [-0.15, -0.1) is 0 Å². The molecule has 1 aromatic heterocycles. The molecule has 21 heavy (non-hydrogen) atoms. The van der Waals surface area contributed by atoms with Crippen molar-refractivity contribution in [2.75, 3.05) is 6.54 Å². The minimum absolute atomic E-state index is 0.625. The van der Waals surface area contributed by atoms with E-state index in [4.69, 9.17) is 10.7 Å². The van der Waals surface area contributed by atoms with Gasteiger partial charge in [0, 0.05) is 16.4 Å². The van der Waals surface area contributed by atoms with Crippen LogP contribution in [0.4, 0.5) is 0 Å². The molecule has 4 rings (SSSR count). The van der Waals surface area contributed by atoms with Gasteiger partial charge in [0.1, 0.15) is 5.82 Å². The first-order valence-corrected chi connectivity index (χ1v) is 8.93. The van der Waals surface area contributed by atoms with Gasteiger partial charge in [0.25, 0.3) is 0 Å². The highest BCUT2D eigenvalue weighted by Gasteiger charge is 2.32. The van der Waals surface area contributed by atoms with E-state index in [9.17, 15) is 0 Å². The van der Waals surface area contributed by atoms with E-state index in [1.807, 2.05) is 0 Å². The van der Waals surface area contributed by atoms with Crippen LogP contribution in [0.5, 0.6) is 0 Å². The van der Waals surface area contributed by atoms with E-state index in [2.05, 4.69) is 38.7 Å². The van der Waals surface area contributed by atoms with Crippen LogP contribution in [0.15, 0.2) is 22.7 Å². The van der Waals surface area contributed by atoms with Crippen molar-refractivity contribution in [3.05, 3.63) is 28.5 Å². The molecule has 0 bridgehead atoms. The first kappa shape index (κ1) is 13.8. The van der Waals surface area contributed by atoms with E-state index >= 15 is 0 Å². The minimum atomic E-state index is 0.625. The van der Waals surface area contributed by atoms with Crippen LogP contribution < -0.4 is 5.73 Å². The van der Waals surface area contributed by atoms with Gasteiger partial charge < -0.3 is 10.3 Å². The summed E-state index contributed by atoms with van der Waals surface area (Å²) < 4.78 is 3.66. The molecule has 0 unspecified atom stereocenters. The van der Waals surface area contributed by atoms with Crippen molar-refractivity contribution < 1.29 is 0 Å². The Labute approximate surface area is 134 Å². The van der Waals surface area contributed by atoms with Crippen LogP contribution in [0.3, 0.4) is 0 Å². The number of imidazole rings is 1. The zero-order chi connectivity index (χ0) is 14.4. The molecule has 0 spiro atoms. The first-order valence-electron chi connectivity index (χ1n) is 8.13. The van der Waals surface area contributed by atoms with Gasteiger partial charge in [-0.1, -0.05) is 15.9 Å². The Morgan fingerprint density at radius 1 is 1.14 bits per heavy atom. The number of fused-ring (bicyclic) bond motifs is 1. The number of nitrogens with two attached hydrogens (primary N) is 1. The van der Waals surface area contributed by atoms with E-state index in [0.717, 1.165) is 22.5 Å². The van der Waals surface area contributed by atoms with E-state index in [1.165, 1.54) is 49.9 Å². The fourth-order valence-electron chi connectivity index (χ4n) is 3.75. The molecule has 2 aliphatic carbocycles. The molecule has 2 aromatic rings. The molecule has 0 radical (unpaired) electrons. The van der Waals surface area contributed by atoms with E-state index < -0.39 is 0 Å². The van der Waals surface area contributed by atoms with Crippen molar-refractivity contribution in [3.8, 4) is 0 Å². The second-order valence-corrected chi connectivity index (χ2v) is 7.57. The number of hydrogen-bond donors (Lipinski definition) is 1. The van der Waals surface area contributed by atoms with Crippen LogP contribution in [0.1, 0.15) is 56.3 Å². The molecule has 3 nitrogen and oxygen atoms in total. The largest absolute Gasteiger partial charge is 0.330 e. The summed E-state index contributed by atoms with van der Waals surface area (Å²) in [4.78, 5) is 5.01. The Balaban J connectivity index is 1.72. The average molecular weight is 348 g/mol. The lowest BCUT2D eigenvalue weighted by Gasteiger charge is -2.27. The SMILES string of the molecule is NCC1CCC(c2nc3cc(Br)ccc3n2C2CC2)CC1. The molecule has 1 aromatic carbocycles. The monoisotopic (exact) mass is 347 g/mol. The Bertz CT molecular complexity index is 651. The van der Waals surface area contributed by atoms with Crippen LogP contribution >= 0.6 is 15.9 Å². The molecule has 0 aliphatic heterocycles. The first-order chi connectivity index (χ1) is 10.3. The van der Waals surface area contributed by atoms with E-state index in [0.29, 0.717) is 12.0 Å². The van der Waals surface area contributed by atoms with Crippen molar-refractivity contribution in [2.24, 2.45) is 11.7 Å². The lowest BCUT2D eigenvalue weighted by atomic mass is 9.81. The Morgan fingerprint density at radius 2 is 1.90 bits per heavy atom. The van der Waals surface area contributed by atoms with Crippen LogP contribution in [-0.2, 0) is 0 Å². The fraction of sp³-hybridized carbons (Fsp3) is 0.588. The molecule has 2 fully saturated rings. The van der Waals surface area contributed by atoms with Gasteiger partial charge in [-0.3, -0.25) is 0 Å².